The fourth-order valence-electron chi connectivity index (χ4n) is 2.77. The van der Waals surface area contributed by atoms with Gasteiger partial charge in [0.15, 0.2) is 0 Å². The summed E-state index contributed by atoms with van der Waals surface area (Å²) in [5.74, 6) is 0.516. The first-order chi connectivity index (χ1) is 9.21. The van der Waals surface area contributed by atoms with E-state index in [1.807, 2.05) is 0 Å². The highest BCUT2D eigenvalue weighted by atomic mass is 16.5. The van der Waals surface area contributed by atoms with E-state index in [1.54, 1.807) is 0 Å². The first-order valence-corrected chi connectivity index (χ1v) is 7.99. The molecule has 114 valence electrons. The number of hydrogen-bond acceptors (Lipinski definition) is 4. The molecule has 4 heteroatoms. The van der Waals surface area contributed by atoms with Crippen LogP contribution in [0.5, 0.6) is 0 Å². The molecule has 0 spiro atoms. The molecule has 19 heavy (non-hydrogen) atoms. The number of nitrogens with two attached hydrogens (primary N) is 1. The molecule has 1 saturated heterocycles. The van der Waals surface area contributed by atoms with Crippen LogP contribution in [0.15, 0.2) is 0 Å². The summed E-state index contributed by atoms with van der Waals surface area (Å²) in [6.07, 6.45) is 2.26. The van der Waals surface area contributed by atoms with E-state index in [9.17, 15) is 0 Å². The van der Waals surface area contributed by atoms with Crippen molar-refractivity contribution in [1.82, 2.24) is 9.80 Å². The molecule has 2 N–H and O–H groups in total. The third-order valence-corrected chi connectivity index (χ3v) is 4.32. The summed E-state index contributed by atoms with van der Waals surface area (Å²) in [6, 6.07) is 0.325. The zero-order valence-corrected chi connectivity index (χ0v) is 13.1. The first-order valence-electron chi connectivity index (χ1n) is 7.99. The van der Waals surface area contributed by atoms with Crippen molar-refractivity contribution in [2.75, 3.05) is 52.5 Å². The zero-order valence-electron chi connectivity index (χ0n) is 13.1. The Morgan fingerprint density at radius 1 is 1.05 bits per heavy atom. The molecule has 0 radical (unpaired) electrons. The zero-order chi connectivity index (χ0) is 14.1. The van der Waals surface area contributed by atoms with Crippen LogP contribution in [0, 0.1) is 5.92 Å². The van der Waals surface area contributed by atoms with Gasteiger partial charge in [-0.25, -0.2) is 0 Å². The highest BCUT2D eigenvalue weighted by Gasteiger charge is 2.24. The minimum absolute atomic E-state index is 0.325. The van der Waals surface area contributed by atoms with Crippen LogP contribution in [0.2, 0.25) is 0 Å². The van der Waals surface area contributed by atoms with Crippen LogP contribution in [0.25, 0.3) is 0 Å². The van der Waals surface area contributed by atoms with Crippen molar-refractivity contribution in [3.63, 3.8) is 0 Å². The molecule has 1 rings (SSSR count). The molecule has 4 nitrogen and oxygen atoms in total. The maximum Gasteiger partial charge on any atom is 0.0521 e. The summed E-state index contributed by atoms with van der Waals surface area (Å²) in [7, 11) is 0. The Balaban J connectivity index is 2.24. The van der Waals surface area contributed by atoms with Crippen molar-refractivity contribution in [1.29, 1.82) is 0 Å². The summed E-state index contributed by atoms with van der Waals surface area (Å²) >= 11 is 0. The third-order valence-electron chi connectivity index (χ3n) is 4.32. The summed E-state index contributed by atoms with van der Waals surface area (Å²) < 4.78 is 5.56. The summed E-state index contributed by atoms with van der Waals surface area (Å²) in [4.78, 5) is 5.02. The van der Waals surface area contributed by atoms with Gasteiger partial charge in [0.25, 0.3) is 0 Å². The van der Waals surface area contributed by atoms with E-state index in [1.165, 1.54) is 19.5 Å². The average molecular weight is 271 g/mol. The highest BCUT2D eigenvalue weighted by molar-refractivity contribution is 4.79. The van der Waals surface area contributed by atoms with Gasteiger partial charge in [0, 0.05) is 25.1 Å². The second kappa shape index (κ2) is 9.70. The van der Waals surface area contributed by atoms with Crippen LogP contribution in [0.4, 0.5) is 0 Å². The molecule has 0 aromatic heterocycles. The predicted molar refractivity (Wildman–Crippen MR) is 81.4 cm³/mol. The third kappa shape index (κ3) is 6.21. The molecule has 1 fully saturated rings. The Bertz CT molecular complexity index is 221. The van der Waals surface area contributed by atoms with E-state index in [2.05, 4.69) is 30.6 Å². The molecule has 1 heterocycles. The molecule has 2 unspecified atom stereocenters. The van der Waals surface area contributed by atoms with E-state index in [0.717, 1.165) is 45.8 Å². The van der Waals surface area contributed by atoms with E-state index < -0.39 is 0 Å². The minimum Gasteiger partial charge on any atom is -0.381 e. The van der Waals surface area contributed by atoms with Crippen molar-refractivity contribution in [3.05, 3.63) is 0 Å². The Hall–Kier alpha value is -0.160. The van der Waals surface area contributed by atoms with E-state index in [0.29, 0.717) is 12.0 Å². The molecule has 0 amide bonds. The first kappa shape index (κ1) is 16.9. The summed E-state index contributed by atoms with van der Waals surface area (Å²) in [5.41, 5.74) is 6.19. The van der Waals surface area contributed by atoms with Crippen LogP contribution in [-0.4, -0.2) is 68.3 Å². The van der Waals surface area contributed by atoms with Crippen molar-refractivity contribution in [2.45, 2.75) is 39.7 Å². The van der Waals surface area contributed by atoms with Gasteiger partial charge >= 0.3 is 0 Å². The Kier molecular flexibility index (Phi) is 8.62. The lowest BCUT2D eigenvalue weighted by Gasteiger charge is -2.33. The van der Waals surface area contributed by atoms with Gasteiger partial charge in [-0.05, 0) is 45.6 Å². The molecular weight excluding hydrogens is 238 g/mol. The van der Waals surface area contributed by atoms with Crippen LogP contribution >= 0.6 is 0 Å². The van der Waals surface area contributed by atoms with Gasteiger partial charge in [0.05, 0.1) is 6.61 Å². The molecule has 0 aromatic rings. The molecule has 1 aliphatic rings. The van der Waals surface area contributed by atoms with Gasteiger partial charge in [-0.2, -0.15) is 0 Å². The average Bonchev–Trinajstić information content (AvgIpc) is 2.44. The molecular formula is C15H33N3O. The van der Waals surface area contributed by atoms with Gasteiger partial charge in [-0.15, -0.1) is 0 Å². The van der Waals surface area contributed by atoms with Gasteiger partial charge in [0.1, 0.15) is 0 Å². The van der Waals surface area contributed by atoms with Gasteiger partial charge < -0.3 is 20.3 Å². The second-order valence-electron chi connectivity index (χ2n) is 5.56. The molecule has 0 aromatic carbocycles. The van der Waals surface area contributed by atoms with Crippen LogP contribution in [-0.2, 0) is 4.74 Å². The fourth-order valence-corrected chi connectivity index (χ4v) is 2.77. The Labute approximate surface area is 119 Å². The monoisotopic (exact) mass is 271 g/mol. The summed E-state index contributed by atoms with van der Waals surface area (Å²) in [6.45, 7) is 15.3. The van der Waals surface area contributed by atoms with Crippen LogP contribution in [0.3, 0.4) is 0 Å². The lowest BCUT2D eigenvalue weighted by atomic mass is 9.96. The maximum absolute atomic E-state index is 6.19. The normalized spacial score (nSPS) is 24.3. The Morgan fingerprint density at radius 2 is 1.68 bits per heavy atom. The second-order valence-corrected chi connectivity index (χ2v) is 5.56. The Morgan fingerprint density at radius 3 is 2.26 bits per heavy atom. The van der Waals surface area contributed by atoms with Gasteiger partial charge in [-0.1, -0.05) is 20.8 Å². The van der Waals surface area contributed by atoms with Crippen molar-refractivity contribution < 1.29 is 4.74 Å². The SMILES string of the molecule is CCN(CC)CCCN(CC)CC1COCCC1N. The smallest absolute Gasteiger partial charge is 0.0521 e. The van der Waals surface area contributed by atoms with Gasteiger partial charge in [-0.3, -0.25) is 0 Å². The molecule has 1 aliphatic heterocycles. The predicted octanol–water partition coefficient (Wildman–Crippen LogP) is 1.40. The van der Waals surface area contributed by atoms with Crippen LogP contribution < -0.4 is 5.73 Å². The number of hydrogen-bond donors (Lipinski definition) is 1. The van der Waals surface area contributed by atoms with E-state index in [4.69, 9.17) is 10.5 Å². The maximum atomic E-state index is 6.19. The standard InChI is InChI=1S/C15H33N3O/c1-4-17(5-2)9-7-10-18(6-3)12-14-13-19-11-8-15(14)16/h14-15H,4-13,16H2,1-3H3. The summed E-state index contributed by atoms with van der Waals surface area (Å²) in [5, 5.41) is 0. The van der Waals surface area contributed by atoms with Crippen molar-refractivity contribution >= 4 is 0 Å². The molecule has 0 aliphatic carbocycles. The number of ether oxygens (including phenoxy) is 1. The lowest BCUT2D eigenvalue weighted by molar-refractivity contribution is 0.0263. The fraction of sp³-hybridized carbons (Fsp3) is 1.00. The minimum atomic E-state index is 0.325. The van der Waals surface area contributed by atoms with Crippen LogP contribution in [0.1, 0.15) is 33.6 Å². The number of rotatable bonds is 9. The van der Waals surface area contributed by atoms with Gasteiger partial charge in [0.2, 0.25) is 0 Å². The van der Waals surface area contributed by atoms with Crippen molar-refractivity contribution in [2.24, 2.45) is 11.7 Å². The lowest BCUT2D eigenvalue weighted by Crippen LogP contribution is -2.45. The quantitative estimate of drug-likeness (QED) is 0.688. The van der Waals surface area contributed by atoms with E-state index >= 15 is 0 Å². The van der Waals surface area contributed by atoms with Crippen molar-refractivity contribution in [3.8, 4) is 0 Å². The molecule has 2 atom stereocenters. The van der Waals surface area contributed by atoms with E-state index in [-0.39, 0.29) is 0 Å². The topological polar surface area (TPSA) is 41.7 Å². The highest BCUT2D eigenvalue weighted by Crippen LogP contribution is 2.14. The number of nitrogens with zero attached hydrogens (tertiary/aromatic N) is 2. The molecule has 0 saturated carbocycles. The largest absolute Gasteiger partial charge is 0.381 e. The molecule has 0 bridgehead atoms.